The van der Waals surface area contributed by atoms with Crippen LogP contribution < -0.4 is 5.32 Å². The smallest absolute Gasteiger partial charge is 0.296 e. The summed E-state index contributed by atoms with van der Waals surface area (Å²) >= 11 is 2.94. The van der Waals surface area contributed by atoms with Crippen LogP contribution in [-0.2, 0) is 4.79 Å². The van der Waals surface area contributed by atoms with Gasteiger partial charge >= 0.3 is 0 Å². The fraction of sp³-hybridized carbons (Fsp3) is 0.750. The first-order valence-electron chi connectivity index (χ1n) is 5.57. The fourth-order valence-electron chi connectivity index (χ4n) is 2.38. The zero-order valence-electron chi connectivity index (χ0n) is 9.35. The molecule has 15 heavy (non-hydrogen) atoms. The molecular weight excluding hydrogens is 254 g/mol. The second-order valence-corrected chi connectivity index (χ2v) is 4.89. The lowest BCUT2D eigenvalue weighted by atomic mass is 9.78. The number of hydrogen-bond donors (Lipinski definition) is 1. The number of carbonyl (C=O) groups excluding carboxylic acids is 1. The highest BCUT2D eigenvalue weighted by molar-refractivity contribution is 9.12. The maximum atomic E-state index is 11.4. The van der Waals surface area contributed by atoms with Crippen LogP contribution in [0.2, 0.25) is 0 Å². The van der Waals surface area contributed by atoms with Gasteiger partial charge in [0.25, 0.3) is 5.91 Å². The Morgan fingerprint density at radius 2 is 2.07 bits per heavy atom. The number of halogens is 1. The van der Waals surface area contributed by atoms with Gasteiger partial charge in [0.2, 0.25) is 0 Å². The number of nitrogens with one attached hydrogen (secondary N) is 1. The predicted octanol–water partition coefficient (Wildman–Crippen LogP) is 2.67. The third kappa shape index (κ3) is 3.87. The van der Waals surface area contributed by atoms with E-state index in [1.165, 1.54) is 19.3 Å². The first kappa shape index (κ1) is 12.6. The predicted molar refractivity (Wildman–Crippen MR) is 65.4 cm³/mol. The Morgan fingerprint density at radius 1 is 1.40 bits per heavy atom. The third-order valence-electron chi connectivity index (χ3n) is 3.15. The molecule has 84 valence electrons. The average molecular weight is 272 g/mol. The quantitative estimate of drug-likeness (QED) is 0.769. The highest BCUT2D eigenvalue weighted by Crippen LogP contribution is 2.29. The third-order valence-corrected chi connectivity index (χ3v) is 3.35. The molecule has 0 aromatic heterocycles. The summed E-state index contributed by atoms with van der Waals surface area (Å²) < 4.78 is 0. The molecule has 2 atom stereocenters. The Kier molecular flexibility index (Phi) is 5.17. The highest BCUT2D eigenvalue weighted by atomic mass is 79.9. The average Bonchev–Trinajstić information content (AvgIpc) is 2.18. The Hall–Kier alpha value is -0.490. The van der Waals surface area contributed by atoms with E-state index in [0.717, 1.165) is 6.42 Å². The van der Waals surface area contributed by atoms with Crippen molar-refractivity contribution < 1.29 is 4.79 Å². The molecule has 2 nitrogen and oxygen atoms in total. The molecule has 1 aliphatic carbocycles. The Bertz CT molecular complexity index is 277. The van der Waals surface area contributed by atoms with Crippen molar-refractivity contribution in [3.05, 3.63) is 0 Å². The van der Waals surface area contributed by atoms with E-state index < -0.39 is 0 Å². The largest absolute Gasteiger partial charge is 0.342 e. The molecule has 3 heteroatoms. The van der Waals surface area contributed by atoms with Gasteiger partial charge in [0.05, 0.1) is 0 Å². The standard InChI is InChI=1S/C12H18BrNO/c1-9(2)10-5-3-4-6-11(10)14-12(15)7-8-13/h9-11H,3-6H2,1-2H3,(H,14,15). The van der Waals surface area contributed by atoms with Gasteiger partial charge < -0.3 is 5.32 Å². The van der Waals surface area contributed by atoms with Crippen LogP contribution in [0.3, 0.4) is 0 Å². The summed E-state index contributed by atoms with van der Waals surface area (Å²) in [6, 6.07) is 0.319. The lowest BCUT2D eigenvalue weighted by Gasteiger charge is -2.34. The van der Waals surface area contributed by atoms with Gasteiger partial charge in [-0.3, -0.25) is 4.79 Å². The molecule has 0 bridgehead atoms. The van der Waals surface area contributed by atoms with E-state index in [0.29, 0.717) is 17.9 Å². The normalized spacial score (nSPS) is 25.6. The second-order valence-electron chi connectivity index (χ2n) is 4.49. The van der Waals surface area contributed by atoms with Crippen molar-refractivity contribution >= 4 is 21.8 Å². The van der Waals surface area contributed by atoms with Gasteiger partial charge in [-0.05, 0) is 29.5 Å². The van der Waals surface area contributed by atoms with Gasteiger partial charge in [-0.25, -0.2) is 0 Å². The molecule has 0 aromatic rings. The molecule has 0 spiro atoms. The van der Waals surface area contributed by atoms with E-state index in [9.17, 15) is 4.79 Å². The Balaban J connectivity index is 2.55. The van der Waals surface area contributed by atoms with E-state index in [-0.39, 0.29) is 5.91 Å². The minimum atomic E-state index is -0.163. The van der Waals surface area contributed by atoms with E-state index in [1.807, 2.05) is 0 Å². The van der Waals surface area contributed by atoms with Crippen LogP contribution in [0.5, 0.6) is 0 Å². The van der Waals surface area contributed by atoms with Gasteiger partial charge in [0.15, 0.2) is 0 Å². The van der Waals surface area contributed by atoms with Crippen LogP contribution in [0.1, 0.15) is 39.5 Å². The van der Waals surface area contributed by atoms with Crippen molar-refractivity contribution in [3.63, 3.8) is 0 Å². The molecule has 1 saturated carbocycles. The van der Waals surface area contributed by atoms with Crippen molar-refractivity contribution in [1.29, 1.82) is 0 Å². The molecule has 1 N–H and O–H groups in total. The minimum Gasteiger partial charge on any atom is -0.342 e. The number of hydrogen-bond acceptors (Lipinski definition) is 1. The van der Waals surface area contributed by atoms with Crippen LogP contribution in [-0.4, -0.2) is 11.9 Å². The minimum absolute atomic E-state index is 0.163. The van der Waals surface area contributed by atoms with Crippen LogP contribution in [0, 0.1) is 22.6 Å². The zero-order valence-corrected chi connectivity index (χ0v) is 10.9. The summed E-state index contributed by atoms with van der Waals surface area (Å²) in [5.74, 6) is 3.55. The maximum absolute atomic E-state index is 11.4. The summed E-state index contributed by atoms with van der Waals surface area (Å²) in [5.41, 5.74) is 0. The van der Waals surface area contributed by atoms with Gasteiger partial charge in [-0.15, -0.1) is 0 Å². The molecule has 0 aliphatic heterocycles. The van der Waals surface area contributed by atoms with E-state index in [2.05, 4.69) is 45.8 Å². The van der Waals surface area contributed by atoms with E-state index in [4.69, 9.17) is 0 Å². The van der Waals surface area contributed by atoms with Crippen molar-refractivity contribution in [2.75, 3.05) is 0 Å². The lowest BCUT2D eigenvalue weighted by molar-refractivity contribution is -0.117. The molecule has 1 amide bonds. The molecular formula is C12H18BrNO. The molecule has 2 unspecified atom stereocenters. The summed E-state index contributed by atoms with van der Waals surface area (Å²) in [5, 5.41) is 3.01. The number of amides is 1. The van der Waals surface area contributed by atoms with Gasteiger partial charge in [-0.2, -0.15) is 0 Å². The topological polar surface area (TPSA) is 29.1 Å². The SMILES string of the molecule is CC(C)C1CCCCC1NC(=O)C#CBr. The Labute approximate surface area is 100 Å². The van der Waals surface area contributed by atoms with Crippen molar-refractivity contribution in [2.24, 2.45) is 11.8 Å². The zero-order chi connectivity index (χ0) is 11.3. The molecule has 0 aromatic carbocycles. The maximum Gasteiger partial charge on any atom is 0.296 e. The van der Waals surface area contributed by atoms with Gasteiger partial charge in [-0.1, -0.05) is 26.7 Å². The van der Waals surface area contributed by atoms with Crippen LogP contribution in [0.4, 0.5) is 0 Å². The van der Waals surface area contributed by atoms with E-state index >= 15 is 0 Å². The Morgan fingerprint density at radius 3 is 2.67 bits per heavy atom. The molecule has 1 rings (SSSR count). The first-order valence-corrected chi connectivity index (χ1v) is 6.36. The van der Waals surface area contributed by atoms with Crippen molar-refractivity contribution in [2.45, 2.75) is 45.6 Å². The van der Waals surface area contributed by atoms with Crippen LogP contribution >= 0.6 is 15.9 Å². The summed E-state index contributed by atoms with van der Waals surface area (Å²) in [6.07, 6.45) is 4.83. The number of carbonyl (C=O) groups is 1. The lowest BCUT2D eigenvalue weighted by Crippen LogP contribution is -2.43. The molecule has 0 saturated heterocycles. The first-order chi connectivity index (χ1) is 7.15. The fourth-order valence-corrected chi connectivity index (χ4v) is 2.56. The van der Waals surface area contributed by atoms with Crippen molar-refractivity contribution in [3.8, 4) is 10.8 Å². The summed E-state index contributed by atoms with van der Waals surface area (Å²) in [6.45, 7) is 4.45. The molecule has 1 fully saturated rings. The summed E-state index contributed by atoms with van der Waals surface area (Å²) in [7, 11) is 0. The van der Waals surface area contributed by atoms with Crippen molar-refractivity contribution in [1.82, 2.24) is 5.32 Å². The molecule has 1 aliphatic rings. The molecule has 0 radical (unpaired) electrons. The van der Waals surface area contributed by atoms with Gasteiger partial charge in [0, 0.05) is 27.9 Å². The second kappa shape index (κ2) is 6.17. The monoisotopic (exact) mass is 271 g/mol. The van der Waals surface area contributed by atoms with Gasteiger partial charge in [0.1, 0.15) is 0 Å². The molecule has 0 heterocycles. The van der Waals surface area contributed by atoms with E-state index in [1.54, 1.807) is 0 Å². The number of rotatable bonds is 2. The summed E-state index contributed by atoms with van der Waals surface area (Å²) in [4.78, 5) is 13.8. The van der Waals surface area contributed by atoms with Crippen LogP contribution in [0.25, 0.3) is 0 Å². The van der Waals surface area contributed by atoms with Crippen LogP contribution in [0.15, 0.2) is 0 Å². The highest BCUT2D eigenvalue weighted by Gasteiger charge is 2.28.